The van der Waals surface area contributed by atoms with Crippen LogP contribution in [-0.4, -0.2) is 29.8 Å². The number of nitrogens with zero attached hydrogens (tertiary/aromatic N) is 1. The molecule has 1 aromatic rings. The highest BCUT2D eigenvalue weighted by atomic mass is 16.2. The maximum Gasteiger partial charge on any atom is 0.242 e. The molecule has 0 unspecified atom stereocenters. The number of hydrogen-bond acceptors (Lipinski definition) is 2. The topological polar surface area (TPSA) is 49.4 Å². The van der Waals surface area contributed by atoms with Crippen LogP contribution in [0.25, 0.3) is 0 Å². The van der Waals surface area contributed by atoms with E-state index in [-0.39, 0.29) is 24.4 Å². The minimum Gasteiger partial charge on any atom is -0.347 e. The summed E-state index contributed by atoms with van der Waals surface area (Å²) in [5.74, 6) is 0.492. The van der Waals surface area contributed by atoms with Crippen LogP contribution < -0.4 is 5.32 Å². The van der Waals surface area contributed by atoms with Crippen LogP contribution in [0.5, 0.6) is 0 Å². The van der Waals surface area contributed by atoms with Crippen molar-refractivity contribution in [3.8, 4) is 0 Å². The fraction of sp³-hybridized carbons (Fsp3) is 0.600. The maximum absolute atomic E-state index is 12.5. The van der Waals surface area contributed by atoms with E-state index in [2.05, 4.69) is 51.2 Å². The summed E-state index contributed by atoms with van der Waals surface area (Å²) in [6, 6.07) is 6.58. The molecule has 0 radical (unpaired) electrons. The van der Waals surface area contributed by atoms with Crippen LogP contribution in [0, 0.1) is 19.8 Å². The fourth-order valence-corrected chi connectivity index (χ4v) is 3.17. The standard InChI is InChI=1S/C20H30N2O2/c1-14(2)7-10-19(23)21-13-20(24)22-11-5-6-18(22)17-9-8-15(3)16(4)12-17/h8-9,12,14,18H,5-7,10-11,13H2,1-4H3,(H,21,23)/t18-/m0/s1. The number of likely N-dealkylation sites (tertiary alicyclic amines) is 1. The smallest absolute Gasteiger partial charge is 0.242 e. The summed E-state index contributed by atoms with van der Waals surface area (Å²) in [5.41, 5.74) is 3.73. The largest absolute Gasteiger partial charge is 0.347 e. The Labute approximate surface area is 145 Å². The van der Waals surface area contributed by atoms with E-state index in [1.54, 1.807) is 0 Å². The van der Waals surface area contributed by atoms with Crippen molar-refractivity contribution in [3.05, 3.63) is 34.9 Å². The van der Waals surface area contributed by atoms with E-state index >= 15 is 0 Å². The first-order valence-electron chi connectivity index (χ1n) is 9.01. The highest BCUT2D eigenvalue weighted by molar-refractivity contribution is 5.85. The van der Waals surface area contributed by atoms with Crippen LogP contribution in [0.2, 0.25) is 0 Å². The number of aryl methyl sites for hydroxylation is 2. The van der Waals surface area contributed by atoms with Crippen molar-refractivity contribution in [3.63, 3.8) is 0 Å². The van der Waals surface area contributed by atoms with Gasteiger partial charge in [0.1, 0.15) is 0 Å². The van der Waals surface area contributed by atoms with Crippen LogP contribution in [-0.2, 0) is 9.59 Å². The molecule has 1 aliphatic heterocycles. The van der Waals surface area contributed by atoms with Gasteiger partial charge in [-0.15, -0.1) is 0 Å². The summed E-state index contributed by atoms with van der Waals surface area (Å²) in [4.78, 5) is 26.3. The lowest BCUT2D eigenvalue weighted by Crippen LogP contribution is -2.39. The molecule has 1 saturated heterocycles. The Kier molecular flexibility index (Phi) is 6.41. The third kappa shape index (κ3) is 4.83. The quantitative estimate of drug-likeness (QED) is 0.867. The summed E-state index contributed by atoms with van der Waals surface area (Å²) < 4.78 is 0. The average Bonchev–Trinajstić information content (AvgIpc) is 3.02. The van der Waals surface area contributed by atoms with Crippen LogP contribution in [0.4, 0.5) is 0 Å². The van der Waals surface area contributed by atoms with Gasteiger partial charge in [-0.3, -0.25) is 9.59 Å². The summed E-state index contributed by atoms with van der Waals surface area (Å²) in [7, 11) is 0. The summed E-state index contributed by atoms with van der Waals surface area (Å²) >= 11 is 0. The molecule has 2 rings (SSSR count). The molecule has 1 heterocycles. The van der Waals surface area contributed by atoms with E-state index in [0.29, 0.717) is 12.3 Å². The van der Waals surface area contributed by atoms with Crippen molar-refractivity contribution in [2.24, 2.45) is 5.92 Å². The Hall–Kier alpha value is -1.84. The van der Waals surface area contributed by atoms with E-state index in [4.69, 9.17) is 0 Å². The predicted octanol–water partition coefficient (Wildman–Crippen LogP) is 3.52. The molecule has 4 heteroatoms. The molecule has 24 heavy (non-hydrogen) atoms. The van der Waals surface area contributed by atoms with Crippen LogP contribution in [0.15, 0.2) is 18.2 Å². The van der Waals surface area contributed by atoms with Crippen molar-refractivity contribution in [2.45, 2.75) is 59.4 Å². The SMILES string of the molecule is Cc1ccc([C@@H]2CCCN2C(=O)CNC(=O)CCC(C)C)cc1C. The Morgan fingerprint density at radius 2 is 2.00 bits per heavy atom. The highest BCUT2D eigenvalue weighted by Crippen LogP contribution is 2.32. The zero-order chi connectivity index (χ0) is 17.7. The molecule has 2 amide bonds. The van der Waals surface area contributed by atoms with Crippen LogP contribution in [0.3, 0.4) is 0 Å². The summed E-state index contributed by atoms with van der Waals surface area (Å²) in [5, 5.41) is 2.78. The first-order valence-corrected chi connectivity index (χ1v) is 9.01. The molecule has 0 aromatic heterocycles. The van der Waals surface area contributed by atoms with E-state index < -0.39 is 0 Å². The number of hydrogen-bond donors (Lipinski definition) is 1. The van der Waals surface area contributed by atoms with E-state index in [9.17, 15) is 9.59 Å². The summed E-state index contributed by atoms with van der Waals surface area (Å²) in [6.07, 6.45) is 3.36. The minimum atomic E-state index is -0.0287. The fourth-order valence-electron chi connectivity index (χ4n) is 3.17. The Morgan fingerprint density at radius 1 is 1.25 bits per heavy atom. The average molecular weight is 330 g/mol. The highest BCUT2D eigenvalue weighted by Gasteiger charge is 2.29. The number of carbonyl (C=O) groups excluding carboxylic acids is 2. The molecule has 0 aliphatic carbocycles. The van der Waals surface area contributed by atoms with Crippen molar-refractivity contribution in [2.75, 3.05) is 13.1 Å². The molecule has 1 atom stereocenters. The second-order valence-corrected chi connectivity index (χ2v) is 7.30. The number of amides is 2. The van der Waals surface area contributed by atoms with Crippen molar-refractivity contribution in [1.29, 1.82) is 0 Å². The van der Waals surface area contributed by atoms with E-state index in [1.165, 1.54) is 16.7 Å². The molecular weight excluding hydrogens is 300 g/mol. The first-order chi connectivity index (χ1) is 11.4. The Bertz CT molecular complexity index is 595. The second kappa shape index (κ2) is 8.32. The van der Waals surface area contributed by atoms with Gasteiger partial charge in [-0.1, -0.05) is 32.0 Å². The van der Waals surface area contributed by atoms with Gasteiger partial charge in [0.15, 0.2) is 0 Å². The zero-order valence-corrected chi connectivity index (χ0v) is 15.4. The monoisotopic (exact) mass is 330 g/mol. The molecule has 1 N–H and O–H groups in total. The molecule has 0 saturated carbocycles. The van der Waals surface area contributed by atoms with Gasteiger partial charge in [-0.25, -0.2) is 0 Å². The normalized spacial score (nSPS) is 17.4. The van der Waals surface area contributed by atoms with Gasteiger partial charge < -0.3 is 10.2 Å². The van der Waals surface area contributed by atoms with E-state index in [0.717, 1.165) is 25.8 Å². The van der Waals surface area contributed by atoms with Crippen molar-refractivity contribution in [1.82, 2.24) is 10.2 Å². The van der Waals surface area contributed by atoms with Gasteiger partial charge in [0.25, 0.3) is 0 Å². The lowest BCUT2D eigenvalue weighted by atomic mass is 9.99. The molecule has 1 aliphatic rings. The number of carbonyl (C=O) groups is 2. The molecule has 132 valence electrons. The number of nitrogens with one attached hydrogen (secondary N) is 1. The summed E-state index contributed by atoms with van der Waals surface area (Å²) in [6.45, 7) is 9.28. The third-order valence-corrected chi connectivity index (χ3v) is 4.87. The number of benzene rings is 1. The zero-order valence-electron chi connectivity index (χ0n) is 15.4. The molecule has 1 fully saturated rings. The van der Waals surface area contributed by atoms with Gasteiger partial charge >= 0.3 is 0 Å². The Morgan fingerprint density at radius 3 is 2.67 bits per heavy atom. The molecule has 4 nitrogen and oxygen atoms in total. The predicted molar refractivity (Wildman–Crippen MR) is 96.7 cm³/mol. The van der Waals surface area contributed by atoms with Crippen LogP contribution >= 0.6 is 0 Å². The molecule has 1 aromatic carbocycles. The molecule has 0 bridgehead atoms. The number of rotatable bonds is 6. The molecule has 0 spiro atoms. The van der Waals surface area contributed by atoms with Gasteiger partial charge in [-0.2, -0.15) is 0 Å². The van der Waals surface area contributed by atoms with E-state index in [1.807, 2.05) is 4.90 Å². The van der Waals surface area contributed by atoms with Crippen LogP contribution in [0.1, 0.15) is 62.3 Å². The van der Waals surface area contributed by atoms with Crippen molar-refractivity contribution >= 4 is 11.8 Å². The first kappa shape index (κ1) is 18.5. The maximum atomic E-state index is 12.5. The van der Waals surface area contributed by atoms with Gasteiger partial charge in [0, 0.05) is 13.0 Å². The second-order valence-electron chi connectivity index (χ2n) is 7.30. The van der Waals surface area contributed by atoms with Gasteiger partial charge in [0.2, 0.25) is 11.8 Å². The lowest BCUT2D eigenvalue weighted by Gasteiger charge is -2.26. The Balaban J connectivity index is 1.93. The minimum absolute atomic E-state index is 0.0219. The van der Waals surface area contributed by atoms with Gasteiger partial charge in [0.05, 0.1) is 12.6 Å². The third-order valence-electron chi connectivity index (χ3n) is 4.87. The lowest BCUT2D eigenvalue weighted by molar-refractivity contribution is -0.133. The van der Waals surface area contributed by atoms with Crippen molar-refractivity contribution < 1.29 is 9.59 Å². The molecular formula is C20H30N2O2. The van der Waals surface area contributed by atoms with Gasteiger partial charge in [-0.05, 0) is 55.7 Å².